The maximum Gasteiger partial charge on any atom is 0.274 e. The minimum atomic E-state index is -0.241. The molecule has 1 aromatic heterocycles. The summed E-state index contributed by atoms with van der Waals surface area (Å²) >= 11 is 0. The average molecular weight is 396 g/mol. The highest BCUT2D eigenvalue weighted by Crippen LogP contribution is 2.32. The second-order valence-electron chi connectivity index (χ2n) is 7.95. The van der Waals surface area contributed by atoms with Gasteiger partial charge < -0.3 is 15.1 Å². The van der Waals surface area contributed by atoms with Crippen molar-refractivity contribution < 1.29 is 9.59 Å². The molecule has 7 nitrogen and oxygen atoms in total. The Kier molecular flexibility index (Phi) is 6.46. The second kappa shape index (κ2) is 9.03. The van der Waals surface area contributed by atoms with Gasteiger partial charge in [-0.1, -0.05) is 45.9 Å². The zero-order chi connectivity index (χ0) is 21.0. The summed E-state index contributed by atoms with van der Waals surface area (Å²) in [7, 11) is 0. The Bertz CT molecular complexity index is 847. The SMILES string of the molecule is CC(C)c1cccc(C(C)C)c1NC(=O)c1ccnc(N2CCN(C=O)CC2)n1. The number of amides is 2. The van der Waals surface area contributed by atoms with Gasteiger partial charge in [-0.25, -0.2) is 9.97 Å². The Morgan fingerprint density at radius 1 is 1.03 bits per heavy atom. The molecule has 1 aliphatic heterocycles. The molecule has 1 saturated heterocycles. The summed E-state index contributed by atoms with van der Waals surface area (Å²) < 4.78 is 0. The molecule has 0 unspecified atom stereocenters. The first-order chi connectivity index (χ1) is 13.9. The quantitative estimate of drug-likeness (QED) is 0.760. The largest absolute Gasteiger partial charge is 0.342 e. The third kappa shape index (κ3) is 4.72. The van der Waals surface area contributed by atoms with Crippen molar-refractivity contribution in [1.29, 1.82) is 0 Å². The smallest absolute Gasteiger partial charge is 0.274 e. The number of hydrogen-bond acceptors (Lipinski definition) is 5. The van der Waals surface area contributed by atoms with E-state index in [1.54, 1.807) is 17.2 Å². The molecule has 1 aliphatic rings. The maximum absolute atomic E-state index is 13.0. The van der Waals surface area contributed by atoms with Crippen molar-refractivity contribution in [2.45, 2.75) is 39.5 Å². The number of aromatic nitrogens is 2. The minimum Gasteiger partial charge on any atom is -0.342 e. The van der Waals surface area contributed by atoms with E-state index >= 15 is 0 Å². The molecule has 1 aromatic carbocycles. The van der Waals surface area contributed by atoms with Gasteiger partial charge >= 0.3 is 0 Å². The molecule has 154 valence electrons. The van der Waals surface area contributed by atoms with Gasteiger partial charge in [-0.2, -0.15) is 0 Å². The van der Waals surface area contributed by atoms with Crippen LogP contribution in [0.5, 0.6) is 0 Å². The van der Waals surface area contributed by atoms with Crippen LogP contribution in [0, 0.1) is 0 Å². The first kappa shape index (κ1) is 20.8. The van der Waals surface area contributed by atoms with E-state index in [0.717, 1.165) is 23.2 Å². The lowest BCUT2D eigenvalue weighted by molar-refractivity contribution is -0.118. The zero-order valence-corrected chi connectivity index (χ0v) is 17.6. The average Bonchev–Trinajstić information content (AvgIpc) is 2.73. The monoisotopic (exact) mass is 395 g/mol. The molecule has 2 aromatic rings. The number of rotatable bonds is 6. The highest BCUT2D eigenvalue weighted by molar-refractivity contribution is 6.04. The van der Waals surface area contributed by atoms with Gasteiger partial charge in [-0.15, -0.1) is 0 Å². The summed E-state index contributed by atoms with van der Waals surface area (Å²) in [4.78, 5) is 36.5. The molecule has 3 rings (SSSR count). The lowest BCUT2D eigenvalue weighted by Crippen LogP contribution is -2.46. The lowest BCUT2D eigenvalue weighted by Gasteiger charge is -2.32. The second-order valence-corrected chi connectivity index (χ2v) is 7.95. The van der Waals surface area contributed by atoms with Crippen LogP contribution in [0.1, 0.15) is 61.1 Å². The molecule has 7 heteroatoms. The Labute approximate surface area is 172 Å². The number of benzene rings is 1. The summed E-state index contributed by atoms with van der Waals surface area (Å²) in [5.41, 5.74) is 3.44. The van der Waals surface area contributed by atoms with E-state index in [4.69, 9.17) is 0 Å². The third-order valence-corrected chi connectivity index (χ3v) is 5.23. The van der Waals surface area contributed by atoms with Crippen LogP contribution in [0.3, 0.4) is 0 Å². The van der Waals surface area contributed by atoms with Gasteiger partial charge in [-0.05, 0) is 29.0 Å². The fourth-order valence-electron chi connectivity index (χ4n) is 3.53. The number of para-hydroxylation sites is 1. The number of piperazine rings is 1. The number of nitrogens with zero attached hydrogens (tertiary/aromatic N) is 4. The van der Waals surface area contributed by atoms with E-state index in [-0.39, 0.29) is 5.91 Å². The van der Waals surface area contributed by atoms with Crippen LogP contribution in [0.2, 0.25) is 0 Å². The standard InChI is InChI=1S/C22H29N5O2/c1-15(2)17-6-5-7-18(16(3)4)20(17)25-21(29)19-8-9-23-22(24-19)27-12-10-26(14-28)11-13-27/h5-9,14-16H,10-13H2,1-4H3,(H,25,29). The topological polar surface area (TPSA) is 78.4 Å². The van der Waals surface area contributed by atoms with Gasteiger partial charge in [0, 0.05) is 38.1 Å². The summed E-state index contributed by atoms with van der Waals surface area (Å²) in [5, 5.41) is 3.10. The Hall–Kier alpha value is -2.96. The van der Waals surface area contributed by atoms with Crippen molar-refractivity contribution >= 4 is 24.0 Å². The number of carbonyl (C=O) groups excluding carboxylic acids is 2. The summed E-state index contributed by atoms with van der Waals surface area (Å²) in [6, 6.07) is 7.80. The molecule has 29 heavy (non-hydrogen) atoms. The number of nitrogens with one attached hydrogen (secondary N) is 1. The molecule has 0 spiro atoms. The van der Waals surface area contributed by atoms with Gasteiger partial charge in [0.15, 0.2) is 0 Å². The fraction of sp³-hybridized carbons (Fsp3) is 0.455. The van der Waals surface area contributed by atoms with Crippen molar-refractivity contribution in [3.8, 4) is 0 Å². The van der Waals surface area contributed by atoms with E-state index in [9.17, 15) is 9.59 Å². The maximum atomic E-state index is 13.0. The molecule has 2 amide bonds. The van der Waals surface area contributed by atoms with E-state index in [1.807, 2.05) is 11.0 Å². The highest BCUT2D eigenvalue weighted by Gasteiger charge is 2.21. The molecule has 1 fully saturated rings. The van der Waals surface area contributed by atoms with Crippen LogP contribution in [0.15, 0.2) is 30.5 Å². The summed E-state index contributed by atoms with van der Waals surface area (Å²) in [6.45, 7) is 11.0. The number of carbonyl (C=O) groups is 2. The van der Waals surface area contributed by atoms with Crippen LogP contribution in [-0.2, 0) is 4.79 Å². The Morgan fingerprint density at radius 3 is 2.21 bits per heavy atom. The highest BCUT2D eigenvalue weighted by atomic mass is 16.2. The van der Waals surface area contributed by atoms with Crippen LogP contribution in [0.25, 0.3) is 0 Å². The Morgan fingerprint density at radius 2 is 1.66 bits per heavy atom. The number of hydrogen-bond donors (Lipinski definition) is 1. The van der Waals surface area contributed by atoms with Crippen molar-refractivity contribution in [3.63, 3.8) is 0 Å². The van der Waals surface area contributed by atoms with Crippen LogP contribution >= 0.6 is 0 Å². The van der Waals surface area contributed by atoms with Crippen molar-refractivity contribution in [2.75, 3.05) is 36.4 Å². The molecule has 2 heterocycles. The van der Waals surface area contributed by atoms with Crippen LogP contribution < -0.4 is 10.2 Å². The van der Waals surface area contributed by atoms with Crippen LogP contribution in [-0.4, -0.2) is 53.4 Å². The van der Waals surface area contributed by atoms with Gasteiger partial charge in [0.25, 0.3) is 5.91 Å². The molecule has 0 bridgehead atoms. The molecular formula is C22H29N5O2. The first-order valence-electron chi connectivity index (χ1n) is 10.1. The van der Waals surface area contributed by atoms with E-state index in [2.05, 4.69) is 55.1 Å². The van der Waals surface area contributed by atoms with Gasteiger partial charge in [0.1, 0.15) is 5.69 Å². The van der Waals surface area contributed by atoms with Crippen molar-refractivity contribution in [1.82, 2.24) is 14.9 Å². The fourth-order valence-corrected chi connectivity index (χ4v) is 3.53. The zero-order valence-electron chi connectivity index (χ0n) is 17.6. The molecule has 0 radical (unpaired) electrons. The molecule has 0 saturated carbocycles. The van der Waals surface area contributed by atoms with E-state index < -0.39 is 0 Å². The van der Waals surface area contributed by atoms with Gasteiger partial charge in [0.2, 0.25) is 12.4 Å². The van der Waals surface area contributed by atoms with Gasteiger partial charge in [0.05, 0.1) is 0 Å². The normalized spacial score (nSPS) is 14.4. The lowest BCUT2D eigenvalue weighted by atomic mass is 9.92. The van der Waals surface area contributed by atoms with Crippen LogP contribution in [0.4, 0.5) is 11.6 Å². The molecular weight excluding hydrogens is 366 g/mol. The predicted octanol–water partition coefficient (Wildman–Crippen LogP) is 3.25. The van der Waals surface area contributed by atoms with E-state index in [1.165, 1.54) is 0 Å². The molecule has 0 aliphatic carbocycles. The van der Waals surface area contributed by atoms with Crippen molar-refractivity contribution in [2.24, 2.45) is 0 Å². The van der Waals surface area contributed by atoms with Crippen molar-refractivity contribution in [3.05, 3.63) is 47.3 Å². The Balaban J connectivity index is 1.83. The van der Waals surface area contributed by atoms with E-state index in [0.29, 0.717) is 49.7 Å². The predicted molar refractivity (Wildman–Crippen MR) is 114 cm³/mol. The summed E-state index contributed by atoms with van der Waals surface area (Å²) in [6.07, 6.45) is 2.47. The molecule has 0 atom stereocenters. The third-order valence-electron chi connectivity index (χ3n) is 5.23. The van der Waals surface area contributed by atoms with Gasteiger partial charge in [-0.3, -0.25) is 9.59 Å². The molecule has 1 N–H and O–H groups in total. The first-order valence-corrected chi connectivity index (χ1v) is 10.1. The number of anilines is 2. The minimum absolute atomic E-state index is 0.241. The summed E-state index contributed by atoms with van der Waals surface area (Å²) in [5.74, 6) is 0.859.